The number of anilines is 3. The number of nitrogens with one attached hydrogen (secondary N) is 3. The van der Waals surface area contributed by atoms with Crippen LogP contribution in [0.25, 0.3) is 0 Å². The summed E-state index contributed by atoms with van der Waals surface area (Å²) < 4.78 is 57.4. The van der Waals surface area contributed by atoms with Crippen LogP contribution in [0, 0.1) is 5.41 Å². The van der Waals surface area contributed by atoms with Gasteiger partial charge in [-0.1, -0.05) is 0 Å². The molecule has 37 heavy (non-hydrogen) atoms. The van der Waals surface area contributed by atoms with Crippen molar-refractivity contribution in [2.24, 2.45) is 5.41 Å². The minimum Gasteiger partial charge on any atom is -0.371 e. The van der Waals surface area contributed by atoms with E-state index in [-0.39, 0.29) is 18.5 Å². The molecule has 0 radical (unpaired) electrons. The Morgan fingerprint density at radius 1 is 1.08 bits per heavy atom. The number of alkyl halides is 2. The fourth-order valence-electron chi connectivity index (χ4n) is 5.40. The lowest BCUT2D eigenvalue weighted by molar-refractivity contribution is 0.00551. The molecule has 2 aliphatic carbocycles. The molecular weight excluding hydrogens is 504 g/mol. The predicted octanol–water partition coefficient (Wildman–Crippen LogP) is 3.72. The lowest BCUT2D eigenvalue weighted by Gasteiger charge is -2.35. The van der Waals surface area contributed by atoms with Crippen LogP contribution in [0.4, 0.5) is 25.8 Å². The van der Waals surface area contributed by atoms with Crippen LogP contribution in [0.1, 0.15) is 61.3 Å². The summed E-state index contributed by atoms with van der Waals surface area (Å²) >= 11 is 0. The van der Waals surface area contributed by atoms with Crippen molar-refractivity contribution in [3.8, 4) is 0 Å². The number of amides is 1. The molecular formula is C25H31F2N5O4S. The average Bonchev–Trinajstić information content (AvgIpc) is 3.51. The molecule has 3 N–H and O–H groups in total. The van der Waals surface area contributed by atoms with Gasteiger partial charge in [0.25, 0.3) is 21.7 Å². The van der Waals surface area contributed by atoms with Crippen LogP contribution in [0.2, 0.25) is 0 Å². The van der Waals surface area contributed by atoms with Crippen molar-refractivity contribution in [1.82, 2.24) is 9.29 Å². The van der Waals surface area contributed by atoms with E-state index in [1.165, 1.54) is 48.9 Å². The third kappa shape index (κ3) is 5.49. The second-order valence-corrected chi connectivity index (χ2v) is 12.0. The Hall–Kier alpha value is -2.99. The van der Waals surface area contributed by atoms with Gasteiger partial charge in [0.15, 0.2) is 0 Å². The van der Waals surface area contributed by atoms with E-state index >= 15 is 0 Å². The second kappa shape index (κ2) is 9.39. The Morgan fingerprint density at radius 2 is 1.81 bits per heavy atom. The van der Waals surface area contributed by atoms with Crippen molar-refractivity contribution in [1.29, 1.82) is 0 Å². The number of benzene rings is 1. The topological polar surface area (TPSA) is 113 Å². The fraction of sp³-hybridized carbons (Fsp3) is 0.520. The number of hydrogen-bond donors (Lipinski definition) is 3. The van der Waals surface area contributed by atoms with Crippen LogP contribution in [-0.4, -0.2) is 45.0 Å². The number of aromatic nitrogens is 1. The monoisotopic (exact) mass is 535 g/mol. The molecule has 1 aliphatic heterocycles. The van der Waals surface area contributed by atoms with Crippen molar-refractivity contribution in [3.63, 3.8) is 0 Å². The van der Waals surface area contributed by atoms with Crippen molar-refractivity contribution in [2.45, 2.75) is 56.9 Å². The summed E-state index contributed by atoms with van der Waals surface area (Å²) in [7, 11) is -2.46. The molecule has 2 saturated carbocycles. The molecule has 1 amide bonds. The minimum absolute atomic E-state index is 0.00389. The minimum atomic E-state index is -3.75. The third-order valence-corrected chi connectivity index (χ3v) is 8.92. The highest BCUT2D eigenvalue weighted by Gasteiger charge is 2.45. The maximum atomic E-state index is 13.7. The van der Waals surface area contributed by atoms with E-state index in [9.17, 15) is 26.8 Å². The third-order valence-electron chi connectivity index (χ3n) is 7.88. The fourth-order valence-corrected chi connectivity index (χ4v) is 5.94. The van der Waals surface area contributed by atoms with E-state index in [4.69, 9.17) is 0 Å². The van der Waals surface area contributed by atoms with E-state index in [0.29, 0.717) is 22.4 Å². The van der Waals surface area contributed by atoms with Crippen LogP contribution >= 0.6 is 0 Å². The zero-order valence-corrected chi connectivity index (χ0v) is 21.4. The number of pyridine rings is 1. The molecule has 1 aromatic carbocycles. The van der Waals surface area contributed by atoms with Crippen molar-refractivity contribution < 1.29 is 22.0 Å². The Kier molecular flexibility index (Phi) is 6.51. The molecule has 5 rings (SSSR count). The number of carbonyl (C=O) groups is 1. The molecule has 1 unspecified atom stereocenters. The maximum Gasteiger partial charge on any atom is 0.298 e. The van der Waals surface area contributed by atoms with Crippen molar-refractivity contribution in [3.05, 3.63) is 52.4 Å². The van der Waals surface area contributed by atoms with Gasteiger partial charge in [-0.3, -0.25) is 14.3 Å². The SMILES string of the molecule is CNS(=O)(=O)Nc1ccc(C(=O)Nc2cccn(C3CCC(F)(F)C3)c2=O)c(N2CCC3(CC2)CC3)c1. The standard InChI is InChI=1S/C25H31F2N5O4S/c1-28-37(35,36)30-17-4-5-19(21(15-17)31-13-10-24(8-9-24)11-14-31)22(33)29-20-3-2-12-32(23(20)34)18-6-7-25(26,27)16-18/h2-5,12,15,18,28,30H,6-11,13-14,16H2,1H3,(H,29,33). The lowest BCUT2D eigenvalue weighted by atomic mass is 9.93. The van der Waals surface area contributed by atoms with E-state index in [0.717, 1.165) is 25.9 Å². The maximum absolute atomic E-state index is 13.7. The van der Waals surface area contributed by atoms with Gasteiger partial charge in [-0.2, -0.15) is 8.42 Å². The number of carbonyl (C=O) groups excluding carboxylic acids is 1. The van der Waals surface area contributed by atoms with Gasteiger partial charge >= 0.3 is 0 Å². The summed E-state index contributed by atoms with van der Waals surface area (Å²) in [5.41, 5.74) is 1.03. The number of halogens is 2. The van der Waals surface area contributed by atoms with E-state index in [1.54, 1.807) is 12.1 Å². The van der Waals surface area contributed by atoms with Crippen molar-refractivity contribution >= 4 is 33.2 Å². The first-order chi connectivity index (χ1) is 17.5. The van der Waals surface area contributed by atoms with Crippen LogP contribution in [0.5, 0.6) is 0 Å². The summed E-state index contributed by atoms with van der Waals surface area (Å²) in [5, 5.41) is 2.66. The van der Waals surface area contributed by atoms with Crippen molar-refractivity contribution in [2.75, 3.05) is 35.1 Å². The van der Waals surface area contributed by atoms with Crippen LogP contribution in [-0.2, 0) is 10.2 Å². The molecule has 12 heteroatoms. The van der Waals surface area contributed by atoms with Crippen LogP contribution < -0.4 is 25.2 Å². The Bertz CT molecular complexity index is 1360. The number of hydrogen-bond acceptors (Lipinski definition) is 5. The molecule has 2 aromatic rings. The molecule has 3 aliphatic rings. The van der Waals surface area contributed by atoms with Gasteiger partial charge in [-0.05, 0) is 67.9 Å². The predicted molar refractivity (Wildman–Crippen MR) is 138 cm³/mol. The summed E-state index contributed by atoms with van der Waals surface area (Å²) in [6, 6.07) is 7.03. The number of rotatable bonds is 7. The molecule has 3 fully saturated rings. The molecule has 2 heterocycles. The van der Waals surface area contributed by atoms with Gasteiger partial charge in [0, 0.05) is 45.2 Å². The largest absolute Gasteiger partial charge is 0.371 e. The Labute approximate surface area is 214 Å². The Balaban J connectivity index is 1.42. The van der Waals surface area contributed by atoms with Gasteiger partial charge in [0.05, 0.1) is 16.9 Å². The first-order valence-corrected chi connectivity index (χ1v) is 14.0. The quantitative estimate of drug-likeness (QED) is 0.500. The summed E-state index contributed by atoms with van der Waals surface area (Å²) in [4.78, 5) is 28.5. The molecule has 9 nitrogen and oxygen atoms in total. The van der Waals surface area contributed by atoms with Gasteiger partial charge < -0.3 is 14.8 Å². The first kappa shape index (κ1) is 25.7. The second-order valence-electron chi connectivity index (χ2n) is 10.4. The molecule has 0 bridgehead atoms. The zero-order valence-electron chi connectivity index (χ0n) is 20.6. The highest BCUT2D eigenvalue weighted by Crippen LogP contribution is 2.54. The highest BCUT2D eigenvalue weighted by atomic mass is 32.2. The molecule has 200 valence electrons. The molecule has 1 aromatic heterocycles. The molecule has 1 atom stereocenters. The van der Waals surface area contributed by atoms with E-state index < -0.39 is 40.1 Å². The van der Waals surface area contributed by atoms with Gasteiger partial charge in [0.1, 0.15) is 5.69 Å². The highest BCUT2D eigenvalue weighted by molar-refractivity contribution is 7.90. The van der Waals surface area contributed by atoms with Gasteiger partial charge in [0.2, 0.25) is 5.92 Å². The summed E-state index contributed by atoms with van der Waals surface area (Å²) in [6.45, 7) is 1.47. The zero-order chi connectivity index (χ0) is 26.4. The first-order valence-electron chi connectivity index (χ1n) is 12.5. The number of nitrogens with zero attached hydrogens (tertiary/aromatic N) is 2. The number of piperidine rings is 1. The van der Waals surface area contributed by atoms with E-state index in [1.807, 2.05) is 0 Å². The summed E-state index contributed by atoms with van der Waals surface area (Å²) in [6.07, 6.45) is 5.40. The van der Waals surface area contributed by atoms with E-state index in [2.05, 4.69) is 19.7 Å². The summed E-state index contributed by atoms with van der Waals surface area (Å²) in [5.74, 6) is -3.33. The molecule has 1 spiro atoms. The Morgan fingerprint density at radius 3 is 2.43 bits per heavy atom. The van der Waals surface area contributed by atoms with Gasteiger partial charge in [-0.25, -0.2) is 13.5 Å². The van der Waals surface area contributed by atoms with Crippen LogP contribution in [0.15, 0.2) is 41.3 Å². The smallest absolute Gasteiger partial charge is 0.298 e. The lowest BCUT2D eigenvalue weighted by Crippen LogP contribution is -2.36. The normalized spacial score (nSPS) is 22.1. The van der Waals surface area contributed by atoms with Crippen LogP contribution in [0.3, 0.4) is 0 Å². The average molecular weight is 536 g/mol. The molecule has 1 saturated heterocycles. The van der Waals surface area contributed by atoms with Gasteiger partial charge in [-0.15, -0.1) is 0 Å².